The van der Waals surface area contributed by atoms with E-state index in [4.69, 9.17) is 4.98 Å². The van der Waals surface area contributed by atoms with Crippen LogP contribution in [0.15, 0.2) is 60.6 Å². The van der Waals surface area contributed by atoms with Crippen molar-refractivity contribution in [3.8, 4) is 22.8 Å². The maximum absolute atomic E-state index is 4.75. The molecule has 1 atom stereocenters. The van der Waals surface area contributed by atoms with Gasteiger partial charge in [-0.25, -0.2) is 15.0 Å². The van der Waals surface area contributed by atoms with Gasteiger partial charge in [0.1, 0.15) is 10.7 Å². The number of hydrogen-bond donors (Lipinski definition) is 0. The van der Waals surface area contributed by atoms with Crippen molar-refractivity contribution < 1.29 is 0 Å². The van der Waals surface area contributed by atoms with Gasteiger partial charge in [0.15, 0.2) is 5.82 Å². The first kappa shape index (κ1) is 15.8. The van der Waals surface area contributed by atoms with Crippen molar-refractivity contribution in [1.29, 1.82) is 0 Å². The first-order valence-electron chi connectivity index (χ1n) is 8.29. The summed E-state index contributed by atoms with van der Waals surface area (Å²) in [6, 6.07) is 10.4. The van der Waals surface area contributed by atoms with E-state index in [1.54, 1.807) is 11.3 Å². The van der Waals surface area contributed by atoms with Gasteiger partial charge in [0.2, 0.25) is 0 Å². The Labute approximate surface area is 150 Å². The van der Waals surface area contributed by atoms with Gasteiger partial charge in [-0.15, -0.1) is 11.3 Å². The Morgan fingerprint density at radius 3 is 2.56 bits per heavy atom. The molecule has 6 heteroatoms. The number of thiazole rings is 1. The molecule has 0 saturated heterocycles. The molecule has 4 rings (SSSR count). The fourth-order valence-corrected chi connectivity index (χ4v) is 3.93. The van der Waals surface area contributed by atoms with Crippen LogP contribution in [0.2, 0.25) is 0 Å². The lowest BCUT2D eigenvalue weighted by Crippen LogP contribution is -2.11. The molecule has 3 heterocycles. The third-order valence-corrected chi connectivity index (χ3v) is 5.21. The highest BCUT2D eigenvalue weighted by atomic mass is 32.1. The van der Waals surface area contributed by atoms with E-state index >= 15 is 0 Å². The van der Waals surface area contributed by atoms with Gasteiger partial charge in [-0.2, -0.15) is 0 Å². The van der Waals surface area contributed by atoms with Gasteiger partial charge in [-0.05, 0) is 6.42 Å². The smallest absolute Gasteiger partial charge is 0.158 e. The minimum absolute atomic E-state index is 0.150. The first-order chi connectivity index (χ1) is 12.3. The largest absolute Gasteiger partial charge is 0.333 e. The Morgan fingerprint density at radius 1 is 1.08 bits per heavy atom. The number of aryl methyl sites for hydroxylation is 1. The zero-order chi connectivity index (χ0) is 17.2. The molecule has 0 aliphatic carbocycles. The lowest BCUT2D eigenvalue weighted by molar-refractivity contribution is 0.565. The van der Waals surface area contributed by atoms with Crippen LogP contribution < -0.4 is 0 Å². The van der Waals surface area contributed by atoms with Crippen molar-refractivity contribution in [3.05, 3.63) is 65.6 Å². The summed E-state index contributed by atoms with van der Waals surface area (Å²) in [5.74, 6) is 0.909. The number of aromatic nitrogens is 5. The van der Waals surface area contributed by atoms with Crippen molar-refractivity contribution in [2.24, 2.45) is 7.05 Å². The third-order valence-electron chi connectivity index (χ3n) is 4.33. The van der Waals surface area contributed by atoms with E-state index in [9.17, 15) is 0 Å². The quantitative estimate of drug-likeness (QED) is 0.536. The highest BCUT2D eigenvalue weighted by Gasteiger charge is 2.24. The van der Waals surface area contributed by atoms with Crippen molar-refractivity contribution >= 4 is 11.3 Å². The van der Waals surface area contributed by atoms with Crippen LogP contribution in [0.5, 0.6) is 0 Å². The minimum atomic E-state index is 0.150. The maximum Gasteiger partial charge on any atom is 0.158 e. The minimum Gasteiger partial charge on any atom is -0.333 e. The molecule has 5 nitrogen and oxygen atoms in total. The lowest BCUT2D eigenvalue weighted by atomic mass is 10.1. The van der Waals surface area contributed by atoms with Gasteiger partial charge < -0.3 is 9.13 Å². The Morgan fingerprint density at radius 2 is 1.92 bits per heavy atom. The molecule has 3 aromatic heterocycles. The maximum atomic E-state index is 4.75. The van der Waals surface area contributed by atoms with Crippen LogP contribution >= 0.6 is 11.3 Å². The molecule has 0 aliphatic rings. The Bertz CT molecular complexity index is 953. The zero-order valence-corrected chi connectivity index (χ0v) is 15.0. The summed E-state index contributed by atoms with van der Waals surface area (Å²) in [7, 11) is 2.01. The molecule has 4 aromatic rings. The topological polar surface area (TPSA) is 48.5 Å². The average Bonchev–Trinajstić information content (AvgIpc) is 3.38. The lowest BCUT2D eigenvalue weighted by Gasteiger charge is -2.18. The molecular formula is C19H19N5S. The number of benzene rings is 1. The van der Waals surface area contributed by atoms with Gasteiger partial charge >= 0.3 is 0 Å². The number of imidazole rings is 2. The number of rotatable bonds is 5. The molecule has 1 aromatic carbocycles. The standard InChI is InChI=1S/C19H19N5S/c1-3-15(19-21-10-12-25-19)24-13-22-16(14-7-5-4-6-8-14)17(24)18-20-9-11-23(18)2/h4-13,15H,3H2,1-2H3/t15-/m1/s1. The number of hydrogen-bond acceptors (Lipinski definition) is 4. The second-order valence-corrected chi connectivity index (χ2v) is 6.80. The second kappa shape index (κ2) is 6.64. The zero-order valence-electron chi connectivity index (χ0n) is 14.2. The molecule has 0 fully saturated rings. The van der Waals surface area contributed by atoms with E-state index in [-0.39, 0.29) is 6.04 Å². The van der Waals surface area contributed by atoms with Crippen LogP contribution in [0.1, 0.15) is 24.4 Å². The molecule has 25 heavy (non-hydrogen) atoms. The molecule has 0 aliphatic heterocycles. The molecule has 0 N–H and O–H groups in total. The fraction of sp³-hybridized carbons (Fsp3) is 0.211. The summed E-state index contributed by atoms with van der Waals surface area (Å²) < 4.78 is 4.25. The first-order valence-corrected chi connectivity index (χ1v) is 9.17. The normalized spacial score (nSPS) is 12.4. The van der Waals surface area contributed by atoms with Gasteiger partial charge in [-0.3, -0.25) is 0 Å². The van der Waals surface area contributed by atoms with E-state index in [0.717, 1.165) is 34.2 Å². The van der Waals surface area contributed by atoms with Crippen molar-refractivity contribution in [2.75, 3.05) is 0 Å². The van der Waals surface area contributed by atoms with Crippen LogP contribution in [-0.4, -0.2) is 24.1 Å². The molecular weight excluding hydrogens is 330 g/mol. The van der Waals surface area contributed by atoms with E-state index in [1.807, 2.05) is 60.1 Å². The highest BCUT2D eigenvalue weighted by molar-refractivity contribution is 7.09. The summed E-state index contributed by atoms with van der Waals surface area (Å²) >= 11 is 1.68. The molecule has 0 bridgehead atoms. The van der Waals surface area contributed by atoms with Gasteiger partial charge in [0.25, 0.3) is 0 Å². The van der Waals surface area contributed by atoms with E-state index in [1.165, 1.54) is 0 Å². The molecule has 0 amide bonds. The van der Waals surface area contributed by atoms with Crippen LogP contribution in [-0.2, 0) is 7.05 Å². The molecule has 0 radical (unpaired) electrons. The average molecular weight is 349 g/mol. The summed E-state index contributed by atoms with van der Waals surface area (Å²) in [5, 5.41) is 3.11. The van der Waals surface area contributed by atoms with Crippen molar-refractivity contribution in [2.45, 2.75) is 19.4 Å². The Balaban J connectivity index is 1.94. The summed E-state index contributed by atoms with van der Waals surface area (Å²) in [4.78, 5) is 13.9. The van der Waals surface area contributed by atoms with Gasteiger partial charge in [-0.1, -0.05) is 37.3 Å². The molecule has 0 unspecified atom stereocenters. The highest BCUT2D eigenvalue weighted by Crippen LogP contribution is 2.35. The van der Waals surface area contributed by atoms with Crippen LogP contribution in [0.3, 0.4) is 0 Å². The summed E-state index contributed by atoms with van der Waals surface area (Å²) in [5.41, 5.74) is 3.07. The third kappa shape index (κ3) is 2.78. The molecule has 0 spiro atoms. The van der Waals surface area contributed by atoms with Crippen LogP contribution in [0.4, 0.5) is 0 Å². The van der Waals surface area contributed by atoms with E-state index < -0.39 is 0 Å². The van der Waals surface area contributed by atoms with Crippen molar-refractivity contribution in [1.82, 2.24) is 24.1 Å². The summed E-state index contributed by atoms with van der Waals surface area (Å²) in [6.07, 6.45) is 8.51. The predicted molar refractivity (Wildman–Crippen MR) is 100 cm³/mol. The summed E-state index contributed by atoms with van der Waals surface area (Å²) in [6.45, 7) is 2.18. The van der Waals surface area contributed by atoms with Crippen molar-refractivity contribution in [3.63, 3.8) is 0 Å². The monoisotopic (exact) mass is 349 g/mol. The van der Waals surface area contributed by atoms with Gasteiger partial charge in [0.05, 0.1) is 18.1 Å². The molecule has 126 valence electrons. The van der Waals surface area contributed by atoms with E-state index in [0.29, 0.717) is 0 Å². The van der Waals surface area contributed by atoms with Crippen LogP contribution in [0, 0.1) is 0 Å². The SMILES string of the molecule is CC[C@H](c1nccs1)n1cnc(-c2ccccc2)c1-c1nccn1C. The predicted octanol–water partition coefficient (Wildman–Crippen LogP) is 4.41. The number of nitrogens with zero attached hydrogens (tertiary/aromatic N) is 5. The van der Waals surface area contributed by atoms with E-state index in [2.05, 4.69) is 33.6 Å². The fourth-order valence-electron chi connectivity index (χ4n) is 3.11. The molecule has 0 saturated carbocycles. The Kier molecular flexibility index (Phi) is 4.19. The Hall–Kier alpha value is -2.73. The van der Waals surface area contributed by atoms with Gasteiger partial charge in [0, 0.05) is 36.6 Å². The second-order valence-electron chi connectivity index (χ2n) is 5.87. The van der Waals surface area contributed by atoms with Crippen LogP contribution in [0.25, 0.3) is 22.8 Å².